The zero-order valence-corrected chi connectivity index (χ0v) is 11.9. The van der Waals surface area contributed by atoms with E-state index in [0.29, 0.717) is 5.69 Å². The van der Waals surface area contributed by atoms with Gasteiger partial charge < -0.3 is 5.32 Å². The fraction of sp³-hybridized carbons (Fsp3) is 0.125. The number of thioether (sulfide) groups is 1. The Bertz CT molecular complexity index is 722. The molecule has 0 fully saturated rings. The molecule has 0 radical (unpaired) electrons. The highest BCUT2D eigenvalue weighted by Gasteiger charge is 2.19. The SMILES string of the molecule is N#Cc1cc(NC2=NC(c3ccccc3)CS2)ccc1F. The molecule has 0 aromatic heterocycles. The normalized spacial score (nSPS) is 17.1. The molecule has 1 N–H and O–H groups in total. The fourth-order valence-corrected chi connectivity index (χ4v) is 3.07. The number of anilines is 1. The molecule has 1 unspecified atom stereocenters. The van der Waals surface area contributed by atoms with Crippen LogP contribution >= 0.6 is 11.8 Å². The molecule has 1 aliphatic heterocycles. The Morgan fingerprint density at radius 1 is 1.24 bits per heavy atom. The van der Waals surface area contributed by atoms with Crippen molar-refractivity contribution < 1.29 is 4.39 Å². The van der Waals surface area contributed by atoms with Crippen LogP contribution in [0.1, 0.15) is 17.2 Å². The first-order chi connectivity index (χ1) is 10.3. The van der Waals surface area contributed by atoms with Crippen LogP contribution in [0.15, 0.2) is 53.5 Å². The Kier molecular flexibility index (Phi) is 3.89. The molecule has 2 aromatic carbocycles. The van der Waals surface area contributed by atoms with Gasteiger partial charge in [-0.05, 0) is 23.8 Å². The summed E-state index contributed by atoms with van der Waals surface area (Å²) < 4.78 is 13.3. The Morgan fingerprint density at radius 3 is 2.81 bits per heavy atom. The number of hydrogen-bond donors (Lipinski definition) is 1. The van der Waals surface area contributed by atoms with Crippen LogP contribution < -0.4 is 5.32 Å². The molecule has 2 aromatic rings. The first-order valence-electron chi connectivity index (χ1n) is 6.48. The fourth-order valence-electron chi connectivity index (χ4n) is 2.10. The summed E-state index contributed by atoms with van der Waals surface area (Å²) >= 11 is 1.62. The standard InChI is InChI=1S/C16H12FN3S/c17-14-7-6-13(8-12(14)9-18)19-16-20-15(10-21-16)11-4-2-1-3-5-11/h1-8,15H,10H2,(H,19,20). The van der Waals surface area contributed by atoms with E-state index in [1.807, 2.05) is 24.3 Å². The minimum atomic E-state index is -0.508. The van der Waals surface area contributed by atoms with Gasteiger partial charge in [-0.2, -0.15) is 5.26 Å². The van der Waals surface area contributed by atoms with E-state index in [1.54, 1.807) is 17.8 Å². The minimum Gasteiger partial charge on any atom is -0.335 e. The lowest BCUT2D eigenvalue weighted by atomic mass is 10.1. The van der Waals surface area contributed by atoms with Gasteiger partial charge in [0.05, 0.1) is 11.6 Å². The van der Waals surface area contributed by atoms with Crippen molar-refractivity contribution in [2.45, 2.75) is 6.04 Å². The van der Waals surface area contributed by atoms with Gasteiger partial charge in [-0.1, -0.05) is 42.1 Å². The summed E-state index contributed by atoms with van der Waals surface area (Å²) in [6, 6.07) is 16.5. The van der Waals surface area contributed by atoms with Crippen LogP contribution in [0.2, 0.25) is 0 Å². The first kappa shape index (κ1) is 13.7. The Balaban J connectivity index is 1.76. The van der Waals surface area contributed by atoms with Crippen LogP contribution in [-0.2, 0) is 0 Å². The van der Waals surface area contributed by atoms with Crippen molar-refractivity contribution in [1.29, 1.82) is 5.26 Å². The average Bonchev–Trinajstić information content (AvgIpc) is 2.98. The lowest BCUT2D eigenvalue weighted by Crippen LogP contribution is -2.05. The third kappa shape index (κ3) is 3.06. The van der Waals surface area contributed by atoms with Crippen molar-refractivity contribution >= 4 is 22.6 Å². The molecule has 0 saturated carbocycles. The van der Waals surface area contributed by atoms with E-state index in [0.717, 1.165) is 10.9 Å². The summed E-state index contributed by atoms with van der Waals surface area (Å²) in [5, 5.41) is 12.8. The number of amidine groups is 1. The predicted octanol–water partition coefficient (Wildman–Crippen LogP) is 3.95. The average molecular weight is 297 g/mol. The summed E-state index contributed by atoms with van der Waals surface area (Å²) in [6.07, 6.45) is 0. The highest BCUT2D eigenvalue weighted by molar-refractivity contribution is 8.14. The van der Waals surface area contributed by atoms with Crippen molar-refractivity contribution in [1.82, 2.24) is 0 Å². The first-order valence-corrected chi connectivity index (χ1v) is 7.47. The zero-order chi connectivity index (χ0) is 14.7. The number of nitrogens with zero attached hydrogens (tertiary/aromatic N) is 2. The molecule has 1 aliphatic rings. The quantitative estimate of drug-likeness (QED) is 0.913. The number of benzene rings is 2. The summed E-state index contributed by atoms with van der Waals surface area (Å²) in [7, 11) is 0. The molecule has 0 saturated heterocycles. The van der Waals surface area contributed by atoms with Crippen LogP contribution in [0.3, 0.4) is 0 Å². The largest absolute Gasteiger partial charge is 0.335 e. The topological polar surface area (TPSA) is 48.2 Å². The monoisotopic (exact) mass is 297 g/mol. The number of aliphatic imine (C=N–C) groups is 1. The van der Waals surface area contributed by atoms with Crippen molar-refractivity contribution in [2.75, 3.05) is 11.1 Å². The van der Waals surface area contributed by atoms with E-state index < -0.39 is 5.82 Å². The third-order valence-corrected chi connectivity index (χ3v) is 4.14. The predicted molar refractivity (Wildman–Crippen MR) is 83.8 cm³/mol. The molecule has 3 nitrogen and oxygen atoms in total. The van der Waals surface area contributed by atoms with E-state index in [9.17, 15) is 4.39 Å². The number of rotatable bonds is 2. The van der Waals surface area contributed by atoms with Gasteiger partial charge in [-0.3, -0.25) is 4.99 Å². The van der Waals surface area contributed by atoms with E-state index >= 15 is 0 Å². The van der Waals surface area contributed by atoms with E-state index in [4.69, 9.17) is 5.26 Å². The molecule has 0 bridgehead atoms. The zero-order valence-electron chi connectivity index (χ0n) is 11.1. The van der Waals surface area contributed by atoms with Crippen molar-refractivity contribution in [3.8, 4) is 6.07 Å². The molecule has 5 heteroatoms. The van der Waals surface area contributed by atoms with Crippen molar-refractivity contribution in [3.05, 3.63) is 65.5 Å². The van der Waals surface area contributed by atoms with Gasteiger partial charge in [0.1, 0.15) is 11.9 Å². The van der Waals surface area contributed by atoms with E-state index in [1.165, 1.54) is 17.7 Å². The summed E-state index contributed by atoms with van der Waals surface area (Å²) in [5.74, 6) is 0.366. The van der Waals surface area contributed by atoms with Gasteiger partial charge in [0.25, 0.3) is 0 Å². The molecule has 0 amide bonds. The van der Waals surface area contributed by atoms with Crippen molar-refractivity contribution in [3.63, 3.8) is 0 Å². The maximum Gasteiger partial charge on any atom is 0.161 e. The lowest BCUT2D eigenvalue weighted by molar-refractivity contribution is 0.624. The van der Waals surface area contributed by atoms with Gasteiger partial charge in [-0.15, -0.1) is 0 Å². The molecule has 0 aliphatic carbocycles. The smallest absolute Gasteiger partial charge is 0.161 e. The van der Waals surface area contributed by atoms with Crippen LogP contribution in [0, 0.1) is 17.1 Å². The third-order valence-electron chi connectivity index (χ3n) is 3.17. The van der Waals surface area contributed by atoms with E-state index in [-0.39, 0.29) is 11.6 Å². The van der Waals surface area contributed by atoms with Gasteiger partial charge in [0.15, 0.2) is 5.17 Å². The molecule has 1 heterocycles. The molecule has 104 valence electrons. The number of hydrogen-bond acceptors (Lipinski definition) is 4. The molecule has 0 spiro atoms. The second-order valence-corrected chi connectivity index (χ2v) is 5.61. The van der Waals surface area contributed by atoms with Gasteiger partial charge in [0, 0.05) is 11.4 Å². The van der Waals surface area contributed by atoms with Crippen LogP contribution in [0.25, 0.3) is 0 Å². The van der Waals surface area contributed by atoms with Crippen LogP contribution in [-0.4, -0.2) is 10.9 Å². The van der Waals surface area contributed by atoms with Gasteiger partial charge >= 0.3 is 0 Å². The summed E-state index contributed by atoms with van der Waals surface area (Å²) in [4.78, 5) is 4.62. The second-order valence-electron chi connectivity index (χ2n) is 4.60. The van der Waals surface area contributed by atoms with Crippen LogP contribution in [0.4, 0.5) is 10.1 Å². The molecule has 3 rings (SSSR count). The summed E-state index contributed by atoms with van der Waals surface area (Å²) in [6.45, 7) is 0. The summed E-state index contributed by atoms with van der Waals surface area (Å²) in [5.41, 5.74) is 1.88. The maximum atomic E-state index is 13.3. The molecule has 21 heavy (non-hydrogen) atoms. The maximum absolute atomic E-state index is 13.3. The molecular formula is C16H12FN3S. The second kappa shape index (κ2) is 5.98. The van der Waals surface area contributed by atoms with E-state index in [2.05, 4.69) is 22.4 Å². The number of halogens is 1. The Morgan fingerprint density at radius 2 is 2.05 bits per heavy atom. The highest BCUT2D eigenvalue weighted by atomic mass is 32.2. The number of nitrogens with one attached hydrogen (secondary N) is 1. The minimum absolute atomic E-state index is 0.0307. The van der Waals surface area contributed by atoms with Gasteiger partial charge in [0.2, 0.25) is 0 Å². The van der Waals surface area contributed by atoms with Crippen molar-refractivity contribution in [2.24, 2.45) is 4.99 Å². The highest BCUT2D eigenvalue weighted by Crippen LogP contribution is 2.30. The molecule has 1 atom stereocenters. The lowest BCUT2D eigenvalue weighted by Gasteiger charge is -2.05. The Hall–Kier alpha value is -2.32. The van der Waals surface area contributed by atoms with Crippen LogP contribution in [0.5, 0.6) is 0 Å². The number of nitriles is 1. The Labute approximate surface area is 126 Å². The molecular weight excluding hydrogens is 285 g/mol. The van der Waals surface area contributed by atoms with Gasteiger partial charge in [-0.25, -0.2) is 4.39 Å².